The number of amides is 1. The molecule has 162 valence electrons. The third-order valence-electron chi connectivity index (χ3n) is 7.13. The number of ether oxygens (including phenoxy) is 2. The van der Waals surface area contributed by atoms with Crippen LogP contribution in [0.4, 0.5) is 0 Å². The van der Waals surface area contributed by atoms with Crippen molar-refractivity contribution in [2.75, 3.05) is 13.2 Å². The molecule has 0 aromatic heterocycles. The molecule has 0 heterocycles. The van der Waals surface area contributed by atoms with E-state index < -0.39 is 5.97 Å². The first-order valence-electron chi connectivity index (χ1n) is 11.3. The van der Waals surface area contributed by atoms with E-state index >= 15 is 0 Å². The van der Waals surface area contributed by atoms with E-state index in [1.807, 2.05) is 54.6 Å². The Hall–Kier alpha value is -2.82. The summed E-state index contributed by atoms with van der Waals surface area (Å²) in [6.07, 6.45) is 7.23. The fraction of sp³-hybridized carbons (Fsp3) is 0.462. The molecule has 0 spiro atoms. The van der Waals surface area contributed by atoms with Gasteiger partial charge in [0.05, 0.1) is 0 Å². The standard InChI is InChI=1S/C26H29NO4/c28-24(27-26-13-18-10-19(14-26)12-20(11-18)15-26)16-31-25(29)17-30-23-8-6-22(7-9-23)21-4-2-1-3-5-21/h1-9,18-20H,10-17H2,(H,27,28). The van der Waals surface area contributed by atoms with E-state index in [1.165, 1.54) is 19.3 Å². The summed E-state index contributed by atoms with van der Waals surface area (Å²) in [4.78, 5) is 24.5. The Balaban J connectivity index is 1.06. The van der Waals surface area contributed by atoms with Crippen LogP contribution in [-0.2, 0) is 14.3 Å². The highest BCUT2D eigenvalue weighted by molar-refractivity contribution is 5.81. The number of esters is 1. The van der Waals surface area contributed by atoms with E-state index in [-0.39, 0.29) is 24.7 Å². The van der Waals surface area contributed by atoms with Crippen LogP contribution in [0.2, 0.25) is 0 Å². The van der Waals surface area contributed by atoms with Crippen molar-refractivity contribution in [1.82, 2.24) is 5.32 Å². The van der Waals surface area contributed by atoms with E-state index in [4.69, 9.17) is 9.47 Å². The molecule has 0 atom stereocenters. The average Bonchev–Trinajstić information content (AvgIpc) is 2.76. The second-order valence-electron chi connectivity index (χ2n) is 9.59. The molecule has 2 aromatic rings. The Kier molecular flexibility index (Phi) is 5.43. The largest absolute Gasteiger partial charge is 0.482 e. The maximum Gasteiger partial charge on any atom is 0.344 e. The van der Waals surface area contributed by atoms with Gasteiger partial charge in [-0.25, -0.2) is 4.79 Å². The Morgan fingerprint density at radius 1 is 0.806 bits per heavy atom. The molecule has 2 aromatic carbocycles. The van der Waals surface area contributed by atoms with Crippen LogP contribution in [0.5, 0.6) is 5.75 Å². The first-order chi connectivity index (χ1) is 15.1. The second-order valence-corrected chi connectivity index (χ2v) is 9.59. The van der Waals surface area contributed by atoms with Gasteiger partial charge in [0, 0.05) is 5.54 Å². The molecule has 1 amide bonds. The summed E-state index contributed by atoms with van der Waals surface area (Å²) < 4.78 is 10.7. The van der Waals surface area contributed by atoms with Gasteiger partial charge in [-0.05, 0) is 79.5 Å². The van der Waals surface area contributed by atoms with Crippen LogP contribution in [-0.4, -0.2) is 30.6 Å². The summed E-state index contributed by atoms with van der Waals surface area (Å²) in [5.74, 6) is 2.15. The van der Waals surface area contributed by atoms with Crippen LogP contribution in [0, 0.1) is 17.8 Å². The number of carbonyl (C=O) groups is 2. The molecular formula is C26H29NO4. The molecule has 0 saturated heterocycles. The predicted octanol–water partition coefficient (Wildman–Crippen LogP) is 4.36. The molecule has 4 aliphatic rings. The highest BCUT2D eigenvalue weighted by atomic mass is 16.6. The summed E-state index contributed by atoms with van der Waals surface area (Å²) in [6, 6.07) is 17.6. The van der Waals surface area contributed by atoms with Gasteiger partial charge in [-0.15, -0.1) is 0 Å². The molecule has 5 heteroatoms. The van der Waals surface area contributed by atoms with Gasteiger partial charge in [-0.3, -0.25) is 4.79 Å². The van der Waals surface area contributed by atoms with Gasteiger partial charge in [-0.1, -0.05) is 42.5 Å². The lowest BCUT2D eigenvalue weighted by Gasteiger charge is -2.56. The predicted molar refractivity (Wildman–Crippen MR) is 117 cm³/mol. The maximum atomic E-state index is 12.4. The summed E-state index contributed by atoms with van der Waals surface area (Å²) >= 11 is 0. The van der Waals surface area contributed by atoms with Gasteiger partial charge >= 0.3 is 5.97 Å². The van der Waals surface area contributed by atoms with Crippen molar-refractivity contribution in [2.45, 2.75) is 44.1 Å². The molecule has 4 fully saturated rings. The average molecular weight is 420 g/mol. The highest BCUT2D eigenvalue weighted by Gasteiger charge is 2.51. The molecule has 1 N–H and O–H groups in total. The van der Waals surface area contributed by atoms with Gasteiger partial charge in [0.2, 0.25) is 0 Å². The molecule has 4 bridgehead atoms. The minimum absolute atomic E-state index is 0.0603. The smallest absolute Gasteiger partial charge is 0.344 e. The van der Waals surface area contributed by atoms with Crippen molar-refractivity contribution in [3.8, 4) is 16.9 Å². The summed E-state index contributed by atoms with van der Waals surface area (Å²) in [7, 11) is 0. The van der Waals surface area contributed by atoms with Crippen molar-refractivity contribution in [1.29, 1.82) is 0 Å². The van der Waals surface area contributed by atoms with E-state index in [9.17, 15) is 9.59 Å². The number of hydrogen-bond donors (Lipinski definition) is 1. The molecule has 31 heavy (non-hydrogen) atoms. The molecule has 6 rings (SSSR count). The minimum Gasteiger partial charge on any atom is -0.482 e. The normalized spacial score (nSPS) is 28.2. The topological polar surface area (TPSA) is 64.6 Å². The number of hydrogen-bond acceptors (Lipinski definition) is 4. The van der Waals surface area contributed by atoms with Gasteiger partial charge < -0.3 is 14.8 Å². The van der Waals surface area contributed by atoms with E-state index in [2.05, 4.69) is 5.32 Å². The van der Waals surface area contributed by atoms with E-state index in [0.717, 1.165) is 48.1 Å². The van der Waals surface area contributed by atoms with Gasteiger partial charge in [0.15, 0.2) is 13.2 Å². The van der Waals surface area contributed by atoms with Crippen LogP contribution in [0.3, 0.4) is 0 Å². The summed E-state index contributed by atoms with van der Waals surface area (Å²) in [5, 5.41) is 3.22. The number of rotatable bonds is 7. The Morgan fingerprint density at radius 3 is 2.00 bits per heavy atom. The number of nitrogens with one attached hydrogen (secondary N) is 1. The van der Waals surface area contributed by atoms with Crippen molar-refractivity contribution in [2.24, 2.45) is 17.8 Å². The number of carbonyl (C=O) groups excluding carboxylic acids is 2. The lowest BCUT2D eigenvalue weighted by Crippen LogP contribution is -2.60. The summed E-state index contributed by atoms with van der Waals surface area (Å²) in [5.41, 5.74) is 2.14. The molecular weight excluding hydrogens is 390 g/mol. The first-order valence-corrected chi connectivity index (χ1v) is 11.3. The van der Waals surface area contributed by atoms with Crippen LogP contribution in [0.25, 0.3) is 11.1 Å². The molecule has 0 radical (unpaired) electrons. The zero-order chi connectivity index (χ0) is 21.3. The maximum absolute atomic E-state index is 12.4. The Bertz CT molecular complexity index is 902. The molecule has 0 aliphatic heterocycles. The Morgan fingerprint density at radius 2 is 1.39 bits per heavy atom. The third kappa shape index (κ3) is 4.60. The molecule has 4 saturated carbocycles. The SMILES string of the molecule is O=C(COC(=O)COc1ccc(-c2ccccc2)cc1)NC12CC3CC(CC(C3)C1)C2. The zero-order valence-corrected chi connectivity index (χ0v) is 17.7. The third-order valence-corrected chi connectivity index (χ3v) is 7.13. The molecule has 5 nitrogen and oxygen atoms in total. The van der Waals surface area contributed by atoms with Gasteiger partial charge in [0.1, 0.15) is 5.75 Å². The zero-order valence-electron chi connectivity index (χ0n) is 17.7. The monoisotopic (exact) mass is 419 g/mol. The minimum atomic E-state index is -0.534. The van der Waals surface area contributed by atoms with Crippen LogP contribution < -0.4 is 10.1 Å². The fourth-order valence-electron chi connectivity index (χ4n) is 6.30. The van der Waals surface area contributed by atoms with Crippen LogP contribution in [0.15, 0.2) is 54.6 Å². The lowest BCUT2D eigenvalue weighted by molar-refractivity contribution is -0.151. The van der Waals surface area contributed by atoms with Crippen LogP contribution in [0.1, 0.15) is 38.5 Å². The van der Waals surface area contributed by atoms with Crippen molar-refractivity contribution < 1.29 is 19.1 Å². The van der Waals surface area contributed by atoms with Gasteiger partial charge in [0.25, 0.3) is 5.91 Å². The highest BCUT2D eigenvalue weighted by Crippen LogP contribution is 2.55. The van der Waals surface area contributed by atoms with Crippen molar-refractivity contribution >= 4 is 11.9 Å². The quantitative estimate of drug-likeness (QED) is 0.678. The second kappa shape index (κ2) is 8.37. The fourth-order valence-corrected chi connectivity index (χ4v) is 6.30. The summed E-state index contributed by atoms with van der Waals surface area (Å²) in [6.45, 7) is -0.452. The first kappa shape index (κ1) is 20.1. The van der Waals surface area contributed by atoms with Crippen LogP contribution >= 0.6 is 0 Å². The molecule has 0 unspecified atom stereocenters. The van der Waals surface area contributed by atoms with E-state index in [0.29, 0.717) is 5.75 Å². The molecule has 4 aliphatic carbocycles. The van der Waals surface area contributed by atoms with Gasteiger partial charge in [-0.2, -0.15) is 0 Å². The lowest BCUT2D eigenvalue weighted by atomic mass is 9.53. The number of benzene rings is 2. The van der Waals surface area contributed by atoms with E-state index in [1.54, 1.807) is 0 Å². The van der Waals surface area contributed by atoms with Crippen molar-refractivity contribution in [3.05, 3.63) is 54.6 Å². The van der Waals surface area contributed by atoms with Crippen molar-refractivity contribution in [3.63, 3.8) is 0 Å². The Labute approximate surface area is 183 Å².